The van der Waals surface area contributed by atoms with E-state index in [1.165, 1.54) is 38.8 Å². The van der Waals surface area contributed by atoms with E-state index in [1.54, 1.807) is 0 Å². The van der Waals surface area contributed by atoms with Crippen LogP contribution in [0.5, 0.6) is 0 Å². The lowest BCUT2D eigenvalue weighted by Gasteiger charge is -2.40. The van der Waals surface area contributed by atoms with Crippen LogP contribution in [-0.4, -0.2) is 59.6 Å². The maximum atomic E-state index is 12.0. The van der Waals surface area contributed by atoms with E-state index in [4.69, 9.17) is 0 Å². The minimum Gasteiger partial charge on any atom is -0.481 e. The Labute approximate surface area is 128 Å². The van der Waals surface area contributed by atoms with Crippen molar-refractivity contribution in [3.05, 3.63) is 0 Å². The molecule has 0 amide bonds. The van der Waals surface area contributed by atoms with E-state index in [0.29, 0.717) is 12.0 Å². The first-order valence-corrected chi connectivity index (χ1v) is 8.79. The Morgan fingerprint density at radius 1 is 1.19 bits per heavy atom. The Hall–Kier alpha value is -0.610. The van der Waals surface area contributed by atoms with E-state index in [0.717, 1.165) is 38.9 Å². The number of carboxylic acid groups (broad SMARTS) is 1. The zero-order valence-electron chi connectivity index (χ0n) is 13.4. The van der Waals surface area contributed by atoms with Crippen LogP contribution < -0.4 is 0 Å². The molecular weight excluding hydrogens is 264 g/mol. The number of nitrogens with zero attached hydrogens (tertiary/aromatic N) is 2. The molecule has 1 saturated carbocycles. The van der Waals surface area contributed by atoms with Gasteiger partial charge in [0.1, 0.15) is 0 Å². The molecule has 2 saturated heterocycles. The number of carbonyl (C=O) groups is 1. The first-order chi connectivity index (χ1) is 10.1. The molecule has 0 spiro atoms. The monoisotopic (exact) mass is 294 g/mol. The number of hydrogen-bond donors (Lipinski definition) is 1. The molecule has 3 rings (SSSR count). The molecule has 3 aliphatic rings. The number of rotatable bonds is 3. The first-order valence-electron chi connectivity index (χ1n) is 8.79. The second-order valence-electron chi connectivity index (χ2n) is 7.71. The average molecular weight is 294 g/mol. The van der Waals surface area contributed by atoms with Crippen LogP contribution in [-0.2, 0) is 4.79 Å². The van der Waals surface area contributed by atoms with Crippen LogP contribution in [0.1, 0.15) is 51.9 Å². The van der Waals surface area contributed by atoms with Gasteiger partial charge in [-0.3, -0.25) is 9.69 Å². The van der Waals surface area contributed by atoms with E-state index in [-0.39, 0.29) is 0 Å². The van der Waals surface area contributed by atoms with Crippen molar-refractivity contribution in [2.24, 2.45) is 11.3 Å². The predicted octanol–water partition coefficient (Wildman–Crippen LogP) is 2.44. The summed E-state index contributed by atoms with van der Waals surface area (Å²) in [7, 11) is 0. The average Bonchev–Trinajstić information content (AvgIpc) is 2.78. The van der Waals surface area contributed by atoms with Gasteiger partial charge in [0, 0.05) is 19.1 Å². The van der Waals surface area contributed by atoms with Crippen molar-refractivity contribution in [1.29, 1.82) is 0 Å². The lowest BCUT2D eigenvalue weighted by atomic mass is 9.69. The maximum absolute atomic E-state index is 12.0. The summed E-state index contributed by atoms with van der Waals surface area (Å²) >= 11 is 0. The summed E-state index contributed by atoms with van der Waals surface area (Å²) < 4.78 is 0. The van der Waals surface area contributed by atoms with Gasteiger partial charge in [0.25, 0.3) is 0 Å². The van der Waals surface area contributed by atoms with Gasteiger partial charge in [0.15, 0.2) is 0 Å². The number of hydrogen-bond acceptors (Lipinski definition) is 3. The van der Waals surface area contributed by atoms with Crippen molar-refractivity contribution < 1.29 is 9.90 Å². The Morgan fingerprint density at radius 3 is 2.76 bits per heavy atom. The van der Waals surface area contributed by atoms with E-state index < -0.39 is 11.4 Å². The van der Waals surface area contributed by atoms with Crippen LogP contribution >= 0.6 is 0 Å². The van der Waals surface area contributed by atoms with Gasteiger partial charge >= 0.3 is 5.97 Å². The minimum atomic E-state index is -0.554. The summed E-state index contributed by atoms with van der Waals surface area (Å²) in [6.07, 6.45) is 7.83. The summed E-state index contributed by atoms with van der Waals surface area (Å²) in [4.78, 5) is 17.1. The van der Waals surface area contributed by atoms with Crippen LogP contribution in [0, 0.1) is 11.3 Å². The Kier molecular flexibility index (Phi) is 4.55. The molecule has 0 aromatic heterocycles. The molecule has 2 heterocycles. The molecule has 21 heavy (non-hydrogen) atoms. The molecule has 0 aromatic carbocycles. The summed E-state index contributed by atoms with van der Waals surface area (Å²) in [6.45, 7) is 7.62. The van der Waals surface area contributed by atoms with Gasteiger partial charge in [0.05, 0.1) is 5.41 Å². The largest absolute Gasteiger partial charge is 0.481 e. The quantitative estimate of drug-likeness (QED) is 0.868. The summed E-state index contributed by atoms with van der Waals surface area (Å²) in [5.74, 6) is 0.00591. The van der Waals surface area contributed by atoms with E-state index in [1.807, 2.05) is 0 Å². The van der Waals surface area contributed by atoms with E-state index in [2.05, 4.69) is 16.7 Å². The third-order valence-corrected chi connectivity index (χ3v) is 5.96. The second-order valence-corrected chi connectivity index (χ2v) is 7.71. The zero-order valence-corrected chi connectivity index (χ0v) is 13.4. The van der Waals surface area contributed by atoms with Crippen molar-refractivity contribution in [3.63, 3.8) is 0 Å². The van der Waals surface area contributed by atoms with Crippen LogP contribution in [0.2, 0.25) is 0 Å². The minimum absolute atomic E-state index is 0.481. The molecule has 120 valence electrons. The molecule has 3 atom stereocenters. The molecule has 0 bridgehead atoms. The van der Waals surface area contributed by atoms with Crippen LogP contribution in [0.3, 0.4) is 0 Å². The molecule has 3 fully saturated rings. The molecule has 1 aliphatic carbocycles. The van der Waals surface area contributed by atoms with Gasteiger partial charge in [-0.2, -0.15) is 0 Å². The lowest BCUT2D eigenvalue weighted by molar-refractivity contribution is -0.153. The fraction of sp³-hybridized carbons (Fsp3) is 0.941. The van der Waals surface area contributed by atoms with Crippen molar-refractivity contribution in [1.82, 2.24) is 9.80 Å². The Bertz CT molecular complexity index is 387. The standard InChI is InChI=1S/C17H30N2O2/c1-14-5-2-7-17(11-14,16(20)21)13-18-8-4-10-19-9-3-6-15(19)12-18/h14-15H,2-13H2,1H3,(H,20,21). The third-order valence-electron chi connectivity index (χ3n) is 5.96. The van der Waals surface area contributed by atoms with Crippen molar-refractivity contribution >= 4 is 5.97 Å². The number of aliphatic carboxylic acids is 1. The van der Waals surface area contributed by atoms with Crippen molar-refractivity contribution in [3.8, 4) is 0 Å². The number of fused-ring (bicyclic) bond motifs is 1. The van der Waals surface area contributed by atoms with Gasteiger partial charge < -0.3 is 10.0 Å². The fourth-order valence-electron chi connectivity index (χ4n) is 4.92. The SMILES string of the molecule is CC1CCCC(CN2CCCN3CCCC3C2)(C(=O)O)C1. The molecule has 3 unspecified atom stereocenters. The molecular formula is C17H30N2O2. The smallest absolute Gasteiger partial charge is 0.310 e. The molecule has 4 nitrogen and oxygen atoms in total. The molecule has 1 N–H and O–H groups in total. The van der Waals surface area contributed by atoms with Crippen LogP contribution in [0.15, 0.2) is 0 Å². The highest BCUT2D eigenvalue weighted by molar-refractivity contribution is 5.75. The second kappa shape index (κ2) is 6.25. The third kappa shape index (κ3) is 3.26. The Morgan fingerprint density at radius 2 is 2.00 bits per heavy atom. The highest BCUT2D eigenvalue weighted by atomic mass is 16.4. The zero-order chi connectivity index (χ0) is 14.9. The molecule has 4 heteroatoms. The van der Waals surface area contributed by atoms with E-state index >= 15 is 0 Å². The molecule has 0 radical (unpaired) electrons. The normalized spacial score (nSPS) is 38.9. The summed E-state index contributed by atoms with van der Waals surface area (Å²) in [5, 5.41) is 9.86. The maximum Gasteiger partial charge on any atom is 0.310 e. The van der Waals surface area contributed by atoms with Crippen molar-refractivity contribution in [2.45, 2.75) is 57.9 Å². The van der Waals surface area contributed by atoms with Crippen molar-refractivity contribution in [2.75, 3.05) is 32.7 Å². The van der Waals surface area contributed by atoms with Gasteiger partial charge in [-0.1, -0.05) is 19.8 Å². The summed E-state index contributed by atoms with van der Waals surface area (Å²) in [6, 6.07) is 0.680. The molecule has 2 aliphatic heterocycles. The lowest BCUT2D eigenvalue weighted by Crippen LogP contribution is -2.48. The molecule has 0 aromatic rings. The van der Waals surface area contributed by atoms with Gasteiger partial charge in [-0.15, -0.1) is 0 Å². The highest BCUT2D eigenvalue weighted by Gasteiger charge is 2.44. The van der Waals surface area contributed by atoms with Crippen LogP contribution in [0.4, 0.5) is 0 Å². The van der Waals surface area contributed by atoms with Gasteiger partial charge in [-0.25, -0.2) is 0 Å². The van der Waals surface area contributed by atoms with Gasteiger partial charge in [-0.05, 0) is 57.7 Å². The summed E-state index contributed by atoms with van der Waals surface area (Å²) in [5.41, 5.74) is -0.481. The topological polar surface area (TPSA) is 43.8 Å². The van der Waals surface area contributed by atoms with E-state index in [9.17, 15) is 9.90 Å². The van der Waals surface area contributed by atoms with Gasteiger partial charge in [0.2, 0.25) is 0 Å². The Balaban J connectivity index is 1.68. The highest BCUT2D eigenvalue weighted by Crippen LogP contribution is 2.40. The first kappa shape index (κ1) is 15.3. The predicted molar refractivity (Wildman–Crippen MR) is 83.4 cm³/mol. The van der Waals surface area contributed by atoms with Crippen LogP contribution in [0.25, 0.3) is 0 Å². The number of carboxylic acids is 1. The fourth-order valence-corrected chi connectivity index (χ4v) is 4.92.